The molecule has 2 heterocycles. The first-order valence-electron chi connectivity index (χ1n) is 22.2. The first-order valence-corrected chi connectivity index (χ1v) is 22.2. The Morgan fingerprint density at radius 1 is 0.215 bits per heavy atom. The van der Waals surface area contributed by atoms with E-state index in [0.29, 0.717) is 0 Å². The molecule has 0 aliphatic heterocycles. The third-order valence-corrected chi connectivity index (χ3v) is 12.2. The van der Waals surface area contributed by atoms with Crippen molar-refractivity contribution in [1.82, 2.24) is 4.40 Å². The standard InChI is InChI=1S/C62H45N3/c1-6-18-46(19-7-1)47-29-37-56(38-30-47)65(57-41-33-49(34-42-57)48-31-39-55(40-32-48)64(53-24-12-4-13-25-53)54-26-14-5-15-27-54)58-43-35-52(36-44-58)62-61(51-22-10-3-11-23-51)60(50-20-8-2-9-21-50)59-28-16-17-45-63(59)62/h1-45H. The van der Waals surface area contributed by atoms with Crippen LogP contribution in [0, 0.1) is 0 Å². The number of rotatable bonds is 11. The zero-order valence-electron chi connectivity index (χ0n) is 35.8. The van der Waals surface area contributed by atoms with E-state index in [9.17, 15) is 0 Å². The summed E-state index contributed by atoms with van der Waals surface area (Å²) in [6, 6.07) is 95.5. The molecule has 0 radical (unpaired) electrons. The molecule has 3 nitrogen and oxygen atoms in total. The first-order chi connectivity index (χ1) is 32.3. The summed E-state index contributed by atoms with van der Waals surface area (Å²) in [7, 11) is 0. The number of pyridine rings is 1. The van der Waals surface area contributed by atoms with Gasteiger partial charge in [0.25, 0.3) is 0 Å². The number of fused-ring (bicyclic) bond motifs is 1. The van der Waals surface area contributed by atoms with Gasteiger partial charge in [-0.25, -0.2) is 0 Å². The van der Waals surface area contributed by atoms with Gasteiger partial charge < -0.3 is 14.2 Å². The van der Waals surface area contributed by atoms with E-state index in [1.54, 1.807) is 0 Å². The normalized spacial score (nSPS) is 11.1. The van der Waals surface area contributed by atoms with Crippen LogP contribution in [-0.2, 0) is 0 Å². The van der Waals surface area contributed by atoms with Crippen LogP contribution in [0.1, 0.15) is 0 Å². The van der Waals surface area contributed by atoms with E-state index >= 15 is 0 Å². The summed E-state index contributed by atoms with van der Waals surface area (Å²) in [4.78, 5) is 4.65. The van der Waals surface area contributed by atoms with Crippen molar-refractivity contribution in [1.29, 1.82) is 0 Å². The van der Waals surface area contributed by atoms with Crippen molar-refractivity contribution in [2.45, 2.75) is 0 Å². The number of hydrogen-bond donors (Lipinski definition) is 0. The van der Waals surface area contributed by atoms with Gasteiger partial charge in [0.2, 0.25) is 0 Å². The van der Waals surface area contributed by atoms with E-state index in [1.807, 2.05) is 0 Å². The summed E-state index contributed by atoms with van der Waals surface area (Å²) < 4.78 is 2.35. The topological polar surface area (TPSA) is 10.9 Å². The summed E-state index contributed by atoms with van der Waals surface area (Å²) in [5.41, 5.74) is 19.6. The summed E-state index contributed by atoms with van der Waals surface area (Å²) >= 11 is 0. The van der Waals surface area contributed by atoms with Crippen molar-refractivity contribution in [3.05, 3.63) is 273 Å². The monoisotopic (exact) mass is 831 g/mol. The van der Waals surface area contributed by atoms with E-state index < -0.39 is 0 Å². The van der Waals surface area contributed by atoms with Crippen molar-refractivity contribution >= 4 is 39.6 Å². The highest BCUT2D eigenvalue weighted by Gasteiger charge is 2.23. The van der Waals surface area contributed by atoms with Crippen molar-refractivity contribution in [3.63, 3.8) is 0 Å². The molecule has 0 aliphatic carbocycles. The molecule has 0 saturated heterocycles. The molecule has 0 unspecified atom stereocenters. The largest absolute Gasteiger partial charge is 0.315 e. The van der Waals surface area contributed by atoms with Crippen LogP contribution in [0.4, 0.5) is 34.1 Å². The Morgan fingerprint density at radius 3 is 0.908 bits per heavy atom. The Morgan fingerprint density at radius 2 is 0.508 bits per heavy atom. The fourth-order valence-electron chi connectivity index (χ4n) is 9.13. The lowest BCUT2D eigenvalue weighted by molar-refractivity contribution is 1.20. The van der Waals surface area contributed by atoms with E-state index in [4.69, 9.17) is 0 Å². The molecule has 3 heteroatoms. The molecule has 0 atom stereocenters. The van der Waals surface area contributed by atoms with Crippen molar-refractivity contribution in [2.24, 2.45) is 0 Å². The smallest absolute Gasteiger partial charge is 0.0613 e. The van der Waals surface area contributed by atoms with E-state index in [0.717, 1.165) is 50.8 Å². The second-order valence-electron chi connectivity index (χ2n) is 16.2. The number of nitrogens with zero attached hydrogens (tertiary/aromatic N) is 3. The summed E-state index contributed by atoms with van der Waals surface area (Å²) in [5, 5.41) is 0. The minimum Gasteiger partial charge on any atom is -0.315 e. The van der Waals surface area contributed by atoms with Crippen LogP contribution >= 0.6 is 0 Å². The maximum Gasteiger partial charge on any atom is 0.0613 e. The Kier molecular flexibility index (Phi) is 10.6. The van der Waals surface area contributed by atoms with Crippen molar-refractivity contribution in [3.8, 4) is 55.8 Å². The van der Waals surface area contributed by atoms with Gasteiger partial charge in [0.05, 0.1) is 11.2 Å². The number of aromatic nitrogens is 1. The third-order valence-electron chi connectivity index (χ3n) is 12.2. The van der Waals surface area contributed by atoms with Crippen LogP contribution in [0.2, 0.25) is 0 Å². The van der Waals surface area contributed by atoms with Crippen LogP contribution in [0.3, 0.4) is 0 Å². The Labute approximate surface area is 381 Å². The average Bonchev–Trinajstić information content (AvgIpc) is 3.74. The van der Waals surface area contributed by atoms with Gasteiger partial charge in [-0.05, 0) is 124 Å². The lowest BCUT2D eigenvalue weighted by Crippen LogP contribution is -2.10. The zero-order valence-corrected chi connectivity index (χ0v) is 35.8. The van der Waals surface area contributed by atoms with Crippen LogP contribution in [0.5, 0.6) is 0 Å². The van der Waals surface area contributed by atoms with Gasteiger partial charge in [-0.3, -0.25) is 0 Å². The molecule has 0 saturated carbocycles. The van der Waals surface area contributed by atoms with E-state index in [-0.39, 0.29) is 0 Å². The van der Waals surface area contributed by atoms with Crippen LogP contribution < -0.4 is 9.80 Å². The Bertz CT molecular complexity index is 3250. The van der Waals surface area contributed by atoms with Crippen LogP contribution in [-0.4, -0.2) is 4.40 Å². The predicted molar refractivity (Wildman–Crippen MR) is 274 cm³/mol. The lowest BCUT2D eigenvalue weighted by Gasteiger charge is -2.26. The summed E-state index contributed by atoms with van der Waals surface area (Å²) in [5.74, 6) is 0. The highest BCUT2D eigenvalue weighted by Crippen LogP contribution is 2.46. The van der Waals surface area contributed by atoms with Gasteiger partial charge in [-0.15, -0.1) is 0 Å². The number of benzene rings is 9. The SMILES string of the molecule is c1ccc(-c2ccc(N(c3ccc(-c4ccc(N(c5ccccc5)c5ccccc5)cc4)cc3)c3ccc(-c4c(-c5ccccc5)c(-c5ccccc5)c5ccccn45)cc3)cc2)cc1. The molecule has 0 aliphatic rings. The highest BCUT2D eigenvalue weighted by molar-refractivity contribution is 6.03. The second kappa shape index (κ2) is 17.6. The van der Waals surface area contributed by atoms with Gasteiger partial charge >= 0.3 is 0 Å². The average molecular weight is 832 g/mol. The maximum atomic E-state index is 2.35. The maximum absolute atomic E-state index is 2.35. The molecule has 65 heavy (non-hydrogen) atoms. The third kappa shape index (κ3) is 7.77. The molecular weight excluding hydrogens is 787 g/mol. The quantitative estimate of drug-likeness (QED) is 0.129. The fourth-order valence-corrected chi connectivity index (χ4v) is 9.13. The molecule has 0 N–H and O–H groups in total. The molecule has 308 valence electrons. The summed E-state index contributed by atoms with van der Waals surface area (Å²) in [6.07, 6.45) is 2.19. The van der Waals surface area contributed by atoms with Gasteiger partial charge in [0.15, 0.2) is 0 Å². The Hall–Kier alpha value is -8.66. The number of hydrogen-bond acceptors (Lipinski definition) is 2. The minimum atomic E-state index is 1.07. The van der Waals surface area contributed by atoms with Gasteiger partial charge in [0, 0.05) is 51.4 Å². The van der Waals surface area contributed by atoms with Crippen LogP contribution in [0.15, 0.2) is 273 Å². The van der Waals surface area contributed by atoms with Crippen LogP contribution in [0.25, 0.3) is 61.3 Å². The Balaban J connectivity index is 0.975. The number of para-hydroxylation sites is 2. The predicted octanol–water partition coefficient (Wildman–Crippen LogP) is 17.2. The second-order valence-corrected chi connectivity index (χ2v) is 16.2. The van der Waals surface area contributed by atoms with Gasteiger partial charge in [-0.1, -0.05) is 182 Å². The molecule has 0 bridgehead atoms. The first kappa shape index (κ1) is 39.2. The highest BCUT2D eigenvalue weighted by atomic mass is 15.1. The molecular formula is C62H45N3. The molecule has 2 aromatic heterocycles. The van der Waals surface area contributed by atoms with E-state index in [1.165, 1.54) is 44.6 Å². The molecule has 0 fully saturated rings. The minimum absolute atomic E-state index is 1.07. The molecule has 9 aromatic carbocycles. The number of anilines is 6. The molecule has 11 rings (SSSR count). The van der Waals surface area contributed by atoms with Gasteiger partial charge in [-0.2, -0.15) is 0 Å². The summed E-state index contributed by atoms with van der Waals surface area (Å²) in [6.45, 7) is 0. The molecule has 0 spiro atoms. The van der Waals surface area contributed by atoms with Crippen molar-refractivity contribution in [2.75, 3.05) is 9.80 Å². The van der Waals surface area contributed by atoms with Gasteiger partial charge in [0.1, 0.15) is 0 Å². The lowest BCUT2D eigenvalue weighted by atomic mass is 9.93. The van der Waals surface area contributed by atoms with E-state index in [2.05, 4.69) is 287 Å². The molecule has 11 aromatic rings. The zero-order chi connectivity index (χ0) is 43.4. The molecule has 0 amide bonds. The van der Waals surface area contributed by atoms with Crippen molar-refractivity contribution < 1.29 is 0 Å². The fraction of sp³-hybridized carbons (Fsp3) is 0.